The van der Waals surface area contributed by atoms with Crippen molar-refractivity contribution >= 4 is 11.6 Å². The molecule has 96 valence electrons. The molecule has 0 aliphatic rings. The lowest BCUT2D eigenvalue weighted by Gasteiger charge is -2.20. The summed E-state index contributed by atoms with van der Waals surface area (Å²) in [6, 6.07) is 1.79. The van der Waals surface area contributed by atoms with E-state index in [0.29, 0.717) is 24.2 Å². The average Bonchev–Trinajstić information content (AvgIpc) is 2.25. The zero-order valence-electron chi connectivity index (χ0n) is 11.1. The van der Waals surface area contributed by atoms with Gasteiger partial charge in [-0.05, 0) is 12.3 Å². The molecule has 1 aromatic heterocycles. The molecule has 0 aliphatic heterocycles. The number of aromatic nitrogens is 2. The monoisotopic (exact) mass is 238 g/mol. The van der Waals surface area contributed by atoms with Gasteiger partial charge < -0.3 is 15.4 Å². The van der Waals surface area contributed by atoms with Crippen LogP contribution in [0.2, 0.25) is 0 Å². The van der Waals surface area contributed by atoms with Gasteiger partial charge >= 0.3 is 0 Å². The molecule has 0 saturated heterocycles. The molecular weight excluding hydrogens is 216 g/mol. The van der Waals surface area contributed by atoms with Crippen LogP contribution in [0.5, 0.6) is 0 Å². The molecule has 5 nitrogen and oxygen atoms in total. The van der Waals surface area contributed by atoms with Crippen LogP contribution < -0.4 is 10.6 Å². The second kappa shape index (κ2) is 6.39. The Kier molecular flexibility index (Phi) is 5.15. The molecule has 0 amide bonds. The second-order valence-electron chi connectivity index (χ2n) is 4.60. The van der Waals surface area contributed by atoms with E-state index in [0.717, 1.165) is 18.8 Å². The fourth-order valence-electron chi connectivity index (χ4n) is 1.46. The molecule has 5 heteroatoms. The maximum Gasteiger partial charge on any atom is 0.158 e. The number of hydrogen-bond acceptors (Lipinski definition) is 5. The molecule has 0 saturated carbocycles. The summed E-state index contributed by atoms with van der Waals surface area (Å²) in [6.07, 6.45) is 1.13. The first-order valence-corrected chi connectivity index (χ1v) is 5.86. The zero-order chi connectivity index (χ0) is 12.8. The molecule has 0 spiro atoms. The predicted octanol–water partition coefficient (Wildman–Crippen LogP) is 1.69. The normalized spacial score (nSPS) is 10.9. The standard InChI is InChI=1S/C12H22N4O/c1-9(2)5-6-16(3)12-7-10(13)14-11(15-12)8-17-4/h7,9H,5-6,8H2,1-4H3,(H2,13,14,15). The van der Waals surface area contributed by atoms with Crippen molar-refractivity contribution in [2.45, 2.75) is 26.9 Å². The van der Waals surface area contributed by atoms with Crippen molar-refractivity contribution in [3.8, 4) is 0 Å². The molecule has 17 heavy (non-hydrogen) atoms. The summed E-state index contributed by atoms with van der Waals surface area (Å²) < 4.78 is 5.02. The van der Waals surface area contributed by atoms with E-state index in [2.05, 4.69) is 28.7 Å². The summed E-state index contributed by atoms with van der Waals surface area (Å²) in [4.78, 5) is 10.6. The number of methoxy groups -OCH3 is 1. The van der Waals surface area contributed by atoms with E-state index in [1.807, 2.05) is 7.05 Å². The van der Waals surface area contributed by atoms with Gasteiger partial charge in [-0.1, -0.05) is 13.8 Å². The molecule has 0 unspecified atom stereocenters. The minimum absolute atomic E-state index is 0.385. The highest BCUT2D eigenvalue weighted by Crippen LogP contribution is 2.14. The Morgan fingerprint density at radius 3 is 2.71 bits per heavy atom. The Labute approximate surface area is 103 Å². The van der Waals surface area contributed by atoms with Crippen LogP contribution in [0.4, 0.5) is 11.6 Å². The van der Waals surface area contributed by atoms with E-state index < -0.39 is 0 Å². The SMILES string of the molecule is COCc1nc(N)cc(N(C)CCC(C)C)n1. The summed E-state index contributed by atoms with van der Waals surface area (Å²) in [5.74, 6) is 2.64. The van der Waals surface area contributed by atoms with Crippen LogP contribution in [0.25, 0.3) is 0 Å². The van der Waals surface area contributed by atoms with Crippen molar-refractivity contribution in [1.29, 1.82) is 0 Å². The maximum atomic E-state index is 5.75. The van der Waals surface area contributed by atoms with Crippen molar-refractivity contribution in [3.05, 3.63) is 11.9 Å². The molecule has 0 atom stereocenters. The Hall–Kier alpha value is -1.36. The molecule has 0 fully saturated rings. The van der Waals surface area contributed by atoms with Crippen LogP contribution in [0, 0.1) is 5.92 Å². The van der Waals surface area contributed by atoms with Crippen molar-refractivity contribution < 1.29 is 4.74 Å². The van der Waals surface area contributed by atoms with Crippen LogP contribution in [-0.4, -0.2) is 30.7 Å². The number of ether oxygens (including phenoxy) is 1. The van der Waals surface area contributed by atoms with Gasteiger partial charge in [-0.15, -0.1) is 0 Å². The summed E-state index contributed by atoms with van der Waals surface area (Å²) in [5, 5.41) is 0. The van der Waals surface area contributed by atoms with Gasteiger partial charge in [0.05, 0.1) is 0 Å². The fraction of sp³-hybridized carbons (Fsp3) is 0.667. The lowest BCUT2D eigenvalue weighted by molar-refractivity contribution is 0.178. The van der Waals surface area contributed by atoms with Crippen LogP contribution in [0.3, 0.4) is 0 Å². The number of nitrogens with zero attached hydrogens (tertiary/aromatic N) is 3. The van der Waals surface area contributed by atoms with Crippen LogP contribution in [0.1, 0.15) is 26.1 Å². The van der Waals surface area contributed by atoms with E-state index in [1.54, 1.807) is 13.2 Å². The minimum atomic E-state index is 0.385. The number of anilines is 2. The number of hydrogen-bond donors (Lipinski definition) is 1. The molecule has 0 aromatic carbocycles. The van der Waals surface area contributed by atoms with Gasteiger partial charge in [0, 0.05) is 26.8 Å². The summed E-state index contributed by atoms with van der Waals surface area (Å²) >= 11 is 0. The predicted molar refractivity (Wildman–Crippen MR) is 69.9 cm³/mol. The van der Waals surface area contributed by atoms with Crippen molar-refractivity contribution in [2.75, 3.05) is 31.3 Å². The largest absolute Gasteiger partial charge is 0.384 e. The molecule has 1 aromatic rings. The third-order valence-electron chi connectivity index (χ3n) is 2.49. The summed E-state index contributed by atoms with van der Waals surface area (Å²) in [6.45, 7) is 5.76. The first-order valence-electron chi connectivity index (χ1n) is 5.86. The van der Waals surface area contributed by atoms with Gasteiger partial charge in [-0.3, -0.25) is 0 Å². The number of nitrogens with two attached hydrogens (primary N) is 1. The van der Waals surface area contributed by atoms with Crippen LogP contribution in [-0.2, 0) is 11.3 Å². The Morgan fingerprint density at radius 2 is 2.12 bits per heavy atom. The van der Waals surface area contributed by atoms with Crippen molar-refractivity contribution in [2.24, 2.45) is 5.92 Å². The van der Waals surface area contributed by atoms with Gasteiger partial charge in [-0.25, -0.2) is 9.97 Å². The molecular formula is C12H22N4O. The van der Waals surface area contributed by atoms with E-state index in [1.165, 1.54) is 0 Å². The van der Waals surface area contributed by atoms with Gasteiger partial charge in [0.1, 0.15) is 18.2 Å². The van der Waals surface area contributed by atoms with E-state index in [9.17, 15) is 0 Å². The second-order valence-corrected chi connectivity index (χ2v) is 4.60. The third-order valence-corrected chi connectivity index (χ3v) is 2.49. The summed E-state index contributed by atoms with van der Waals surface area (Å²) in [5.41, 5.74) is 5.75. The van der Waals surface area contributed by atoms with Gasteiger partial charge in [0.15, 0.2) is 5.82 Å². The van der Waals surface area contributed by atoms with Crippen molar-refractivity contribution in [1.82, 2.24) is 9.97 Å². The molecule has 2 N–H and O–H groups in total. The Balaban J connectivity index is 2.74. The first-order chi connectivity index (χ1) is 8.02. The quantitative estimate of drug-likeness (QED) is 0.817. The highest BCUT2D eigenvalue weighted by Gasteiger charge is 2.07. The molecule has 0 aliphatic carbocycles. The lowest BCUT2D eigenvalue weighted by Crippen LogP contribution is -2.22. The van der Waals surface area contributed by atoms with E-state index >= 15 is 0 Å². The van der Waals surface area contributed by atoms with Crippen LogP contribution in [0.15, 0.2) is 6.07 Å². The first kappa shape index (κ1) is 13.7. The van der Waals surface area contributed by atoms with Gasteiger partial charge in [0.25, 0.3) is 0 Å². The number of rotatable bonds is 6. The third kappa shape index (κ3) is 4.56. The van der Waals surface area contributed by atoms with E-state index in [-0.39, 0.29) is 0 Å². The maximum absolute atomic E-state index is 5.75. The molecule has 1 rings (SSSR count). The molecule has 0 bridgehead atoms. The molecule has 0 radical (unpaired) electrons. The van der Waals surface area contributed by atoms with E-state index in [4.69, 9.17) is 10.5 Å². The highest BCUT2D eigenvalue weighted by atomic mass is 16.5. The van der Waals surface area contributed by atoms with Crippen molar-refractivity contribution in [3.63, 3.8) is 0 Å². The Bertz CT molecular complexity index is 354. The number of nitrogen functional groups attached to an aromatic ring is 1. The average molecular weight is 238 g/mol. The smallest absolute Gasteiger partial charge is 0.158 e. The minimum Gasteiger partial charge on any atom is -0.384 e. The van der Waals surface area contributed by atoms with Gasteiger partial charge in [0.2, 0.25) is 0 Å². The topological polar surface area (TPSA) is 64.3 Å². The highest BCUT2D eigenvalue weighted by molar-refractivity contribution is 5.46. The lowest BCUT2D eigenvalue weighted by atomic mass is 10.1. The van der Waals surface area contributed by atoms with Gasteiger partial charge in [-0.2, -0.15) is 0 Å². The fourth-order valence-corrected chi connectivity index (χ4v) is 1.46. The summed E-state index contributed by atoms with van der Waals surface area (Å²) in [7, 11) is 3.63. The molecule has 1 heterocycles. The Morgan fingerprint density at radius 1 is 1.41 bits per heavy atom. The van der Waals surface area contributed by atoms with Crippen LogP contribution >= 0.6 is 0 Å². The zero-order valence-corrected chi connectivity index (χ0v) is 11.1.